The first kappa shape index (κ1) is 8.94. The van der Waals surface area contributed by atoms with Crippen LogP contribution in [-0.4, -0.2) is 0 Å². The zero-order chi connectivity index (χ0) is 10.1. The Kier molecular flexibility index (Phi) is 2.08. The molecule has 0 bridgehead atoms. The molecule has 0 amide bonds. The van der Waals surface area contributed by atoms with Gasteiger partial charge in [0.15, 0.2) is 0 Å². The van der Waals surface area contributed by atoms with Crippen LogP contribution in [0.2, 0.25) is 0 Å². The Bertz CT molecular complexity index is 440. The molecule has 0 radical (unpaired) electrons. The number of benzene rings is 1. The van der Waals surface area contributed by atoms with Gasteiger partial charge in [-0.2, -0.15) is 0 Å². The number of furan rings is 1. The van der Waals surface area contributed by atoms with Crippen molar-refractivity contribution in [2.24, 2.45) is 0 Å². The van der Waals surface area contributed by atoms with Crippen LogP contribution in [0, 0.1) is 18.6 Å². The maximum absolute atomic E-state index is 12.8. The SMILES string of the molecule is Cc1ccc(-c2cc(F)cc(F)c2)o1. The molecule has 0 fully saturated rings. The smallest absolute Gasteiger partial charge is 0.134 e. The highest BCUT2D eigenvalue weighted by atomic mass is 19.1. The van der Waals surface area contributed by atoms with E-state index in [1.807, 2.05) is 0 Å². The van der Waals surface area contributed by atoms with Gasteiger partial charge in [0, 0.05) is 11.6 Å². The summed E-state index contributed by atoms with van der Waals surface area (Å²) in [5, 5.41) is 0. The first-order valence-electron chi connectivity index (χ1n) is 4.18. The highest BCUT2D eigenvalue weighted by Crippen LogP contribution is 2.23. The van der Waals surface area contributed by atoms with Crippen molar-refractivity contribution in [3.8, 4) is 11.3 Å². The number of halogens is 2. The molecule has 0 aliphatic heterocycles. The van der Waals surface area contributed by atoms with E-state index in [9.17, 15) is 8.78 Å². The monoisotopic (exact) mass is 194 g/mol. The molecular weight excluding hydrogens is 186 g/mol. The normalized spacial score (nSPS) is 10.5. The van der Waals surface area contributed by atoms with Crippen LogP contribution in [0.25, 0.3) is 11.3 Å². The highest BCUT2D eigenvalue weighted by Gasteiger charge is 2.05. The van der Waals surface area contributed by atoms with E-state index in [1.165, 1.54) is 12.1 Å². The van der Waals surface area contributed by atoms with Crippen LogP contribution in [0.4, 0.5) is 8.78 Å². The Morgan fingerprint density at radius 1 is 1.00 bits per heavy atom. The fraction of sp³-hybridized carbons (Fsp3) is 0.0909. The first-order valence-corrected chi connectivity index (χ1v) is 4.18. The van der Waals surface area contributed by atoms with Crippen molar-refractivity contribution in [2.75, 3.05) is 0 Å². The summed E-state index contributed by atoms with van der Waals surface area (Å²) in [6.45, 7) is 1.78. The Hall–Kier alpha value is -1.64. The van der Waals surface area contributed by atoms with Gasteiger partial charge in [0.05, 0.1) is 0 Å². The molecule has 0 saturated carbocycles. The Balaban J connectivity index is 2.51. The van der Waals surface area contributed by atoms with Crippen molar-refractivity contribution >= 4 is 0 Å². The summed E-state index contributed by atoms with van der Waals surface area (Å²) in [7, 11) is 0. The molecule has 2 rings (SSSR count). The number of hydrogen-bond donors (Lipinski definition) is 0. The van der Waals surface area contributed by atoms with Crippen molar-refractivity contribution in [2.45, 2.75) is 6.92 Å². The molecule has 0 N–H and O–H groups in total. The second-order valence-electron chi connectivity index (χ2n) is 3.07. The standard InChI is InChI=1S/C11H8F2O/c1-7-2-3-11(14-7)8-4-9(12)6-10(13)5-8/h2-6H,1H3. The highest BCUT2D eigenvalue weighted by molar-refractivity contribution is 5.57. The maximum atomic E-state index is 12.8. The Morgan fingerprint density at radius 2 is 1.64 bits per heavy atom. The lowest BCUT2D eigenvalue weighted by molar-refractivity contribution is 0.544. The minimum absolute atomic E-state index is 0.413. The van der Waals surface area contributed by atoms with Gasteiger partial charge in [0.2, 0.25) is 0 Å². The number of aryl methyl sites for hydroxylation is 1. The molecule has 0 aliphatic carbocycles. The average Bonchev–Trinajstić information content (AvgIpc) is 2.50. The molecule has 1 aromatic carbocycles. The van der Waals surface area contributed by atoms with Crippen LogP contribution < -0.4 is 0 Å². The molecule has 2 aromatic rings. The molecule has 1 aromatic heterocycles. The predicted molar refractivity (Wildman–Crippen MR) is 48.8 cm³/mol. The first-order chi connectivity index (χ1) is 6.65. The summed E-state index contributed by atoms with van der Waals surface area (Å²) < 4.78 is 30.9. The largest absolute Gasteiger partial charge is 0.461 e. The summed E-state index contributed by atoms with van der Waals surface area (Å²) in [6.07, 6.45) is 0. The van der Waals surface area contributed by atoms with Gasteiger partial charge in [-0.05, 0) is 31.2 Å². The van der Waals surface area contributed by atoms with Gasteiger partial charge in [0.1, 0.15) is 23.2 Å². The second-order valence-corrected chi connectivity index (χ2v) is 3.07. The molecule has 1 nitrogen and oxygen atoms in total. The summed E-state index contributed by atoms with van der Waals surface area (Å²) >= 11 is 0. The average molecular weight is 194 g/mol. The van der Waals surface area contributed by atoms with Gasteiger partial charge in [-0.1, -0.05) is 0 Å². The van der Waals surface area contributed by atoms with Gasteiger partial charge < -0.3 is 4.42 Å². The van der Waals surface area contributed by atoms with Gasteiger partial charge >= 0.3 is 0 Å². The van der Waals surface area contributed by atoms with Gasteiger partial charge in [0.25, 0.3) is 0 Å². The third-order valence-electron chi connectivity index (χ3n) is 1.89. The van der Waals surface area contributed by atoms with Gasteiger partial charge in [-0.25, -0.2) is 8.78 Å². The fourth-order valence-electron chi connectivity index (χ4n) is 1.29. The topological polar surface area (TPSA) is 13.1 Å². The number of rotatable bonds is 1. The van der Waals surface area contributed by atoms with E-state index in [1.54, 1.807) is 19.1 Å². The molecule has 0 atom stereocenters. The lowest BCUT2D eigenvalue weighted by Gasteiger charge is -1.97. The van der Waals surface area contributed by atoms with Crippen molar-refractivity contribution in [1.29, 1.82) is 0 Å². The molecule has 3 heteroatoms. The second kappa shape index (κ2) is 3.25. The van der Waals surface area contributed by atoms with Crippen LogP contribution >= 0.6 is 0 Å². The maximum Gasteiger partial charge on any atom is 0.134 e. The summed E-state index contributed by atoms with van der Waals surface area (Å²) in [6, 6.07) is 6.74. The van der Waals surface area contributed by atoms with Crippen molar-refractivity contribution < 1.29 is 13.2 Å². The van der Waals surface area contributed by atoms with Crippen LogP contribution in [0.3, 0.4) is 0 Å². The minimum Gasteiger partial charge on any atom is -0.461 e. The molecule has 0 saturated heterocycles. The molecular formula is C11H8F2O. The third-order valence-corrected chi connectivity index (χ3v) is 1.89. The molecule has 0 aliphatic rings. The van der Waals surface area contributed by atoms with Crippen LogP contribution in [0.1, 0.15) is 5.76 Å². The lowest BCUT2D eigenvalue weighted by atomic mass is 10.1. The van der Waals surface area contributed by atoms with Gasteiger partial charge in [-0.15, -0.1) is 0 Å². The van der Waals surface area contributed by atoms with E-state index in [0.717, 1.165) is 6.07 Å². The molecule has 72 valence electrons. The summed E-state index contributed by atoms with van der Waals surface area (Å²) in [5.74, 6) is -0.0197. The number of hydrogen-bond acceptors (Lipinski definition) is 1. The van der Waals surface area contributed by atoms with Gasteiger partial charge in [-0.3, -0.25) is 0 Å². The van der Waals surface area contributed by atoms with Crippen molar-refractivity contribution in [3.63, 3.8) is 0 Å². The van der Waals surface area contributed by atoms with E-state index in [0.29, 0.717) is 17.1 Å². The van der Waals surface area contributed by atoms with E-state index in [2.05, 4.69) is 0 Å². The lowest BCUT2D eigenvalue weighted by Crippen LogP contribution is -1.81. The van der Waals surface area contributed by atoms with E-state index in [-0.39, 0.29) is 0 Å². The third kappa shape index (κ3) is 1.66. The Labute approximate surface area is 80.0 Å². The minimum atomic E-state index is -0.603. The summed E-state index contributed by atoms with van der Waals surface area (Å²) in [5.41, 5.74) is 0.413. The van der Waals surface area contributed by atoms with E-state index < -0.39 is 11.6 Å². The molecule has 0 spiro atoms. The van der Waals surface area contributed by atoms with E-state index in [4.69, 9.17) is 4.42 Å². The zero-order valence-corrected chi connectivity index (χ0v) is 7.55. The molecule has 0 unspecified atom stereocenters. The van der Waals surface area contributed by atoms with Crippen LogP contribution in [0.5, 0.6) is 0 Å². The van der Waals surface area contributed by atoms with Crippen molar-refractivity contribution in [3.05, 3.63) is 47.7 Å². The quantitative estimate of drug-likeness (QED) is 0.676. The van der Waals surface area contributed by atoms with Crippen LogP contribution in [-0.2, 0) is 0 Å². The van der Waals surface area contributed by atoms with Crippen molar-refractivity contribution in [1.82, 2.24) is 0 Å². The van der Waals surface area contributed by atoms with E-state index >= 15 is 0 Å². The molecule has 14 heavy (non-hydrogen) atoms. The van der Waals surface area contributed by atoms with Crippen LogP contribution in [0.15, 0.2) is 34.7 Å². The predicted octanol–water partition coefficient (Wildman–Crippen LogP) is 3.53. The summed E-state index contributed by atoms with van der Waals surface area (Å²) in [4.78, 5) is 0. The fourth-order valence-corrected chi connectivity index (χ4v) is 1.29. The zero-order valence-electron chi connectivity index (χ0n) is 7.55. The Morgan fingerprint density at radius 3 is 2.14 bits per heavy atom. The molecule has 1 heterocycles.